The molecule has 2 unspecified atom stereocenters. The van der Waals surface area contributed by atoms with Crippen LogP contribution < -0.4 is 0 Å². The fourth-order valence-corrected chi connectivity index (χ4v) is 1.97. The highest BCUT2D eigenvalue weighted by Crippen LogP contribution is 2.20. The fraction of sp³-hybridized carbons (Fsp3) is 0.400. The van der Waals surface area contributed by atoms with Gasteiger partial charge in [0, 0.05) is 24.6 Å². The van der Waals surface area contributed by atoms with E-state index in [1.54, 1.807) is 14.0 Å². The van der Waals surface area contributed by atoms with Crippen molar-refractivity contribution in [2.45, 2.75) is 32.0 Å². The van der Waals surface area contributed by atoms with E-state index in [-0.39, 0.29) is 6.10 Å². The Bertz CT molecular complexity index is 537. The number of rotatable bonds is 4. The number of aromatic nitrogens is 1. The molecule has 0 radical (unpaired) electrons. The zero-order valence-electron chi connectivity index (χ0n) is 11.1. The number of methoxy groups -OCH3 is 1. The average molecular weight is 245 g/mol. The summed E-state index contributed by atoms with van der Waals surface area (Å²) in [4.78, 5) is 4.56. The van der Waals surface area contributed by atoms with E-state index in [0.717, 1.165) is 16.6 Å². The van der Waals surface area contributed by atoms with Crippen LogP contribution in [0.2, 0.25) is 0 Å². The average Bonchev–Trinajstić information content (AvgIpc) is 2.37. The molecule has 3 heteroatoms. The molecule has 0 aliphatic rings. The minimum absolute atomic E-state index is 0.231. The van der Waals surface area contributed by atoms with Gasteiger partial charge >= 0.3 is 0 Å². The first-order chi connectivity index (χ1) is 8.53. The van der Waals surface area contributed by atoms with Crippen molar-refractivity contribution in [3.05, 3.63) is 42.1 Å². The van der Waals surface area contributed by atoms with Crippen molar-refractivity contribution in [2.24, 2.45) is 0 Å². The van der Waals surface area contributed by atoms with E-state index in [9.17, 15) is 5.11 Å². The molecule has 0 fully saturated rings. The summed E-state index contributed by atoms with van der Waals surface area (Å²) >= 11 is 0. The van der Waals surface area contributed by atoms with Gasteiger partial charge in [-0.2, -0.15) is 0 Å². The summed E-state index contributed by atoms with van der Waals surface area (Å²) in [6.45, 7) is 3.64. The maximum Gasteiger partial charge on any atom is 0.0932 e. The van der Waals surface area contributed by atoms with Crippen molar-refractivity contribution in [1.82, 2.24) is 4.98 Å². The van der Waals surface area contributed by atoms with Gasteiger partial charge in [-0.3, -0.25) is 4.98 Å². The Morgan fingerprint density at radius 3 is 2.72 bits per heavy atom. The summed E-state index contributed by atoms with van der Waals surface area (Å²) in [5.41, 5.74) is 0.919. The molecular weight excluding hydrogens is 226 g/mol. The van der Waals surface area contributed by atoms with Crippen LogP contribution >= 0.6 is 0 Å². The molecule has 18 heavy (non-hydrogen) atoms. The van der Waals surface area contributed by atoms with Crippen LogP contribution in [0.3, 0.4) is 0 Å². The molecule has 0 spiro atoms. The van der Waals surface area contributed by atoms with Gasteiger partial charge in [-0.25, -0.2) is 0 Å². The van der Waals surface area contributed by atoms with E-state index in [1.807, 2.05) is 43.3 Å². The first-order valence-electron chi connectivity index (χ1n) is 6.13. The topological polar surface area (TPSA) is 42.4 Å². The van der Waals surface area contributed by atoms with Gasteiger partial charge in [-0.05, 0) is 26.0 Å². The lowest BCUT2D eigenvalue weighted by atomic mass is 9.94. The molecule has 96 valence electrons. The molecule has 0 bridgehead atoms. The van der Waals surface area contributed by atoms with E-state index in [4.69, 9.17) is 4.74 Å². The number of nitrogens with zero attached hydrogens (tertiary/aromatic N) is 1. The number of ether oxygens (including phenoxy) is 1. The number of benzene rings is 1. The van der Waals surface area contributed by atoms with Crippen LogP contribution in [0.5, 0.6) is 0 Å². The summed E-state index contributed by atoms with van der Waals surface area (Å²) in [7, 11) is 1.60. The largest absolute Gasteiger partial charge is 0.387 e. The normalized spacial score (nSPS) is 16.4. The van der Waals surface area contributed by atoms with Crippen LogP contribution in [0, 0.1) is 0 Å². The summed E-state index contributed by atoms with van der Waals surface area (Å²) in [5.74, 6) is 0. The van der Waals surface area contributed by atoms with Crippen LogP contribution in [0.25, 0.3) is 10.9 Å². The Labute approximate surface area is 107 Å². The third-order valence-electron chi connectivity index (χ3n) is 3.42. The molecule has 1 aromatic carbocycles. The zero-order chi connectivity index (χ0) is 13.2. The number of para-hydroxylation sites is 1. The highest BCUT2D eigenvalue weighted by atomic mass is 16.5. The molecule has 0 saturated heterocycles. The molecule has 0 amide bonds. The van der Waals surface area contributed by atoms with Crippen LogP contribution in [0.1, 0.15) is 19.5 Å². The van der Waals surface area contributed by atoms with Crippen molar-refractivity contribution in [3.8, 4) is 0 Å². The Hall–Kier alpha value is -1.45. The molecule has 1 heterocycles. The van der Waals surface area contributed by atoms with Crippen molar-refractivity contribution in [1.29, 1.82) is 0 Å². The van der Waals surface area contributed by atoms with Gasteiger partial charge < -0.3 is 9.84 Å². The smallest absolute Gasteiger partial charge is 0.0932 e. The minimum atomic E-state index is -0.912. The lowest BCUT2D eigenvalue weighted by Gasteiger charge is -2.28. The number of pyridine rings is 1. The highest BCUT2D eigenvalue weighted by molar-refractivity contribution is 5.78. The summed E-state index contributed by atoms with van der Waals surface area (Å²) in [6, 6.07) is 12.0. The molecule has 2 rings (SSSR count). The second-order valence-electron chi connectivity index (χ2n) is 4.91. The molecule has 0 aliphatic carbocycles. The van der Waals surface area contributed by atoms with E-state index in [0.29, 0.717) is 6.42 Å². The summed E-state index contributed by atoms with van der Waals surface area (Å²) in [6.07, 6.45) is 0.248. The van der Waals surface area contributed by atoms with Crippen LogP contribution in [0.4, 0.5) is 0 Å². The summed E-state index contributed by atoms with van der Waals surface area (Å²) in [5, 5.41) is 11.5. The first-order valence-corrected chi connectivity index (χ1v) is 6.13. The molecule has 2 atom stereocenters. The third kappa shape index (κ3) is 2.68. The Morgan fingerprint density at radius 2 is 2.00 bits per heavy atom. The lowest BCUT2D eigenvalue weighted by molar-refractivity contribution is -0.0720. The molecular formula is C15H19NO2. The van der Waals surface area contributed by atoms with Crippen LogP contribution in [0.15, 0.2) is 36.4 Å². The fourth-order valence-electron chi connectivity index (χ4n) is 1.97. The minimum Gasteiger partial charge on any atom is -0.387 e. The number of hydrogen-bond donors (Lipinski definition) is 1. The van der Waals surface area contributed by atoms with Gasteiger partial charge in [0.25, 0.3) is 0 Å². The predicted molar refractivity (Wildman–Crippen MR) is 72.5 cm³/mol. The van der Waals surface area contributed by atoms with Gasteiger partial charge in [0.2, 0.25) is 0 Å². The molecule has 2 aromatic rings. The van der Waals surface area contributed by atoms with Gasteiger partial charge in [0.05, 0.1) is 17.2 Å². The molecule has 0 saturated carbocycles. The van der Waals surface area contributed by atoms with Crippen molar-refractivity contribution in [2.75, 3.05) is 7.11 Å². The van der Waals surface area contributed by atoms with Gasteiger partial charge in [0.15, 0.2) is 0 Å². The maximum atomic E-state index is 10.3. The molecule has 1 aromatic heterocycles. The van der Waals surface area contributed by atoms with Crippen LogP contribution in [-0.2, 0) is 11.2 Å². The number of hydrogen-bond acceptors (Lipinski definition) is 3. The quantitative estimate of drug-likeness (QED) is 0.900. The zero-order valence-corrected chi connectivity index (χ0v) is 11.1. The number of aliphatic hydroxyl groups is 1. The standard InChI is InChI=1S/C15H19NO2/c1-11(18-3)15(2,17)10-13-9-8-12-6-4-5-7-14(12)16-13/h4-9,11,17H,10H2,1-3H3. The van der Waals surface area contributed by atoms with E-state index < -0.39 is 5.60 Å². The van der Waals surface area contributed by atoms with E-state index in [1.165, 1.54) is 0 Å². The third-order valence-corrected chi connectivity index (χ3v) is 3.42. The SMILES string of the molecule is COC(C)C(C)(O)Cc1ccc2ccccc2n1. The van der Waals surface area contributed by atoms with Crippen LogP contribution in [-0.4, -0.2) is 28.9 Å². The molecule has 1 N–H and O–H groups in total. The second-order valence-corrected chi connectivity index (χ2v) is 4.91. The Kier molecular flexibility index (Phi) is 3.64. The highest BCUT2D eigenvalue weighted by Gasteiger charge is 2.29. The van der Waals surface area contributed by atoms with Gasteiger partial charge in [0.1, 0.15) is 0 Å². The molecule has 3 nitrogen and oxygen atoms in total. The Morgan fingerprint density at radius 1 is 1.28 bits per heavy atom. The number of fused-ring (bicyclic) bond motifs is 1. The van der Waals surface area contributed by atoms with E-state index in [2.05, 4.69) is 4.98 Å². The van der Waals surface area contributed by atoms with Gasteiger partial charge in [-0.15, -0.1) is 0 Å². The second kappa shape index (κ2) is 5.04. The van der Waals surface area contributed by atoms with Gasteiger partial charge in [-0.1, -0.05) is 24.3 Å². The maximum absolute atomic E-state index is 10.3. The summed E-state index contributed by atoms with van der Waals surface area (Å²) < 4.78 is 5.20. The lowest BCUT2D eigenvalue weighted by Crippen LogP contribution is -2.40. The van der Waals surface area contributed by atoms with E-state index >= 15 is 0 Å². The first kappa shape index (κ1) is 13.0. The van der Waals surface area contributed by atoms with Crippen molar-refractivity contribution in [3.63, 3.8) is 0 Å². The monoisotopic (exact) mass is 245 g/mol. The van der Waals surface area contributed by atoms with Crippen molar-refractivity contribution < 1.29 is 9.84 Å². The molecule has 0 aliphatic heterocycles. The van der Waals surface area contributed by atoms with Crippen molar-refractivity contribution >= 4 is 10.9 Å². The predicted octanol–water partition coefficient (Wildman–Crippen LogP) is 2.56. The Balaban J connectivity index is 2.27.